The fraction of sp³-hybridized carbons (Fsp3) is 0.333. The normalized spacial score (nSPS) is 12.4. The van der Waals surface area contributed by atoms with Crippen LogP contribution in [0, 0.1) is 49.1 Å². The lowest BCUT2D eigenvalue weighted by molar-refractivity contribution is 0.221. The van der Waals surface area contributed by atoms with Crippen LogP contribution in [0.4, 0.5) is 0 Å². The highest BCUT2D eigenvalue weighted by atomic mass is 127. The second-order valence-electron chi connectivity index (χ2n) is 5.89. The lowest BCUT2D eigenvalue weighted by Gasteiger charge is -2.24. The first-order valence-electron chi connectivity index (χ1n) is 7.44. The average molecular weight is 1010 g/mol. The maximum atomic E-state index is 6.56. The van der Waals surface area contributed by atoms with E-state index in [1.807, 2.05) is 0 Å². The van der Waals surface area contributed by atoms with Crippen LogP contribution in [0.3, 0.4) is 0 Å². The van der Waals surface area contributed by atoms with Crippen LogP contribution in [-0.4, -0.2) is 0 Å². The lowest BCUT2D eigenvalue weighted by atomic mass is 10.0. The summed E-state index contributed by atoms with van der Waals surface area (Å²) in [6.07, 6.45) is 0.00842. The van der Waals surface area contributed by atoms with Gasteiger partial charge in [-0.15, -0.1) is 0 Å². The van der Waals surface area contributed by atoms with Gasteiger partial charge in [-0.1, -0.05) is 0 Å². The Labute approximate surface area is 231 Å². The molecule has 0 saturated heterocycles. The van der Waals surface area contributed by atoms with Crippen molar-refractivity contribution in [2.45, 2.75) is 40.7 Å². The predicted octanol–water partition coefficient (Wildman–Crippen LogP) is 8.69. The van der Waals surface area contributed by atoms with E-state index >= 15 is 0 Å². The van der Waals surface area contributed by atoms with Crippen LogP contribution in [0.15, 0.2) is 0 Å². The quantitative estimate of drug-likeness (QED) is 0.280. The molecule has 0 heterocycles. The van der Waals surface area contributed by atoms with E-state index < -0.39 is 0 Å². The first kappa shape index (κ1) is 23.9. The van der Waals surface area contributed by atoms with E-state index in [-0.39, 0.29) is 6.10 Å². The predicted molar refractivity (Wildman–Crippen MR) is 157 cm³/mol. The van der Waals surface area contributed by atoms with Gasteiger partial charge in [0.2, 0.25) is 0 Å². The SMILES string of the molecule is Cc1c(I)c(C)c(I)c(OC(C)c2c(I)c(C)c(I)c(C)c2I)c1I. The number of halogens is 6. The summed E-state index contributed by atoms with van der Waals surface area (Å²) in [7, 11) is 0. The molecule has 2 aromatic rings. The molecule has 0 aliphatic carbocycles. The van der Waals surface area contributed by atoms with E-state index in [0.29, 0.717) is 0 Å². The molecular weight excluding hydrogens is 994 g/mol. The van der Waals surface area contributed by atoms with Crippen molar-refractivity contribution in [1.82, 2.24) is 0 Å². The minimum atomic E-state index is 0.00842. The molecule has 0 N–H and O–H groups in total. The van der Waals surface area contributed by atoms with Crippen molar-refractivity contribution in [1.29, 1.82) is 0 Å². The number of hydrogen-bond donors (Lipinski definition) is 0. The molecule has 0 aromatic heterocycles. The highest BCUT2D eigenvalue weighted by Gasteiger charge is 2.24. The van der Waals surface area contributed by atoms with Gasteiger partial charge in [0.25, 0.3) is 0 Å². The molecule has 2 rings (SSSR count). The van der Waals surface area contributed by atoms with Gasteiger partial charge >= 0.3 is 0 Å². The van der Waals surface area contributed by atoms with Gasteiger partial charge in [-0.05, 0) is 192 Å². The van der Waals surface area contributed by atoms with Gasteiger partial charge in [0.1, 0.15) is 11.9 Å². The van der Waals surface area contributed by atoms with E-state index in [1.54, 1.807) is 0 Å². The molecule has 0 radical (unpaired) electrons. The molecule has 0 aliphatic heterocycles. The van der Waals surface area contributed by atoms with Crippen LogP contribution >= 0.6 is 136 Å². The standard InChI is InChI=1S/C18H16I6O/c1-6-12(19)7(2)15(22)11(14(6)21)10(5)25-18-16(23)8(3)13(20)9(4)17(18)24/h10H,1-5H3. The highest BCUT2D eigenvalue weighted by molar-refractivity contribution is 14.1. The van der Waals surface area contributed by atoms with Gasteiger partial charge < -0.3 is 4.74 Å². The Morgan fingerprint density at radius 1 is 0.560 bits per heavy atom. The first-order chi connectivity index (χ1) is 11.5. The maximum Gasteiger partial charge on any atom is 0.147 e. The summed E-state index contributed by atoms with van der Waals surface area (Å²) in [5.41, 5.74) is 6.62. The van der Waals surface area contributed by atoms with Crippen molar-refractivity contribution in [3.63, 3.8) is 0 Å². The van der Waals surface area contributed by atoms with Crippen LogP contribution < -0.4 is 4.74 Å². The molecule has 2 aromatic carbocycles. The van der Waals surface area contributed by atoms with Crippen molar-refractivity contribution < 1.29 is 4.74 Å². The largest absolute Gasteiger partial charge is 0.484 e. The van der Waals surface area contributed by atoms with Crippen LogP contribution in [-0.2, 0) is 0 Å². The molecular formula is C18H16I6O. The summed E-state index contributed by atoms with van der Waals surface area (Å²) in [5.74, 6) is 1.02. The average Bonchev–Trinajstić information content (AvgIpc) is 2.58. The van der Waals surface area contributed by atoms with Crippen molar-refractivity contribution in [3.05, 3.63) is 49.2 Å². The van der Waals surface area contributed by atoms with Crippen molar-refractivity contribution in [3.8, 4) is 5.75 Å². The second kappa shape index (κ2) is 9.62. The third-order valence-electron chi connectivity index (χ3n) is 4.21. The summed E-state index contributed by atoms with van der Waals surface area (Å²) in [6, 6.07) is 0. The van der Waals surface area contributed by atoms with Crippen LogP contribution in [0.5, 0.6) is 5.75 Å². The fourth-order valence-corrected chi connectivity index (χ4v) is 10.0. The molecule has 0 aliphatic rings. The summed E-state index contributed by atoms with van der Waals surface area (Å²) in [6.45, 7) is 10.9. The van der Waals surface area contributed by atoms with E-state index in [4.69, 9.17) is 4.74 Å². The summed E-state index contributed by atoms with van der Waals surface area (Å²) >= 11 is 14.7. The molecule has 0 bridgehead atoms. The van der Waals surface area contributed by atoms with Gasteiger partial charge in [-0.3, -0.25) is 0 Å². The van der Waals surface area contributed by atoms with Gasteiger partial charge in [-0.25, -0.2) is 0 Å². The van der Waals surface area contributed by atoms with Gasteiger partial charge in [-0.2, -0.15) is 0 Å². The Morgan fingerprint density at radius 2 is 0.880 bits per heavy atom. The van der Waals surface area contributed by atoms with Crippen molar-refractivity contribution in [2.75, 3.05) is 0 Å². The molecule has 1 unspecified atom stereocenters. The number of benzene rings is 2. The zero-order chi connectivity index (χ0) is 19.2. The Kier molecular flexibility index (Phi) is 9.19. The van der Waals surface area contributed by atoms with Crippen molar-refractivity contribution in [2.24, 2.45) is 0 Å². The summed E-state index contributed by atoms with van der Waals surface area (Å²) in [5, 5.41) is 0. The van der Waals surface area contributed by atoms with Crippen LogP contribution in [0.25, 0.3) is 0 Å². The molecule has 25 heavy (non-hydrogen) atoms. The zero-order valence-electron chi connectivity index (χ0n) is 14.3. The van der Waals surface area contributed by atoms with E-state index in [0.717, 1.165) is 5.75 Å². The van der Waals surface area contributed by atoms with E-state index in [1.165, 1.54) is 49.2 Å². The molecule has 136 valence electrons. The first-order valence-corrected chi connectivity index (χ1v) is 13.9. The molecule has 1 atom stereocenters. The van der Waals surface area contributed by atoms with Gasteiger partial charge in [0.15, 0.2) is 0 Å². The number of ether oxygens (including phenoxy) is 1. The van der Waals surface area contributed by atoms with Crippen LogP contribution in [0.1, 0.15) is 40.8 Å². The van der Waals surface area contributed by atoms with E-state index in [9.17, 15) is 0 Å². The number of hydrogen-bond acceptors (Lipinski definition) is 1. The molecule has 0 saturated carbocycles. The Balaban J connectivity index is 2.58. The highest BCUT2D eigenvalue weighted by Crippen LogP contribution is 2.41. The third-order valence-corrected chi connectivity index (χ3v) is 12.8. The second-order valence-corrected chi connectivity index (χ2v) is 12.4. The lowest BCUT2D eigenvalue weighted by Crippen LogP contribution is -2.13. The third kappa shape index (κ3) is 4.70. The Morgan fingerprint density at radius 3 is 1.24 bits per heavy atom. The van der Waals surface area contributed by atoms with Crippen LogP contribution in [0.2, 0.25) is 0 Å². The zero-order valence-corrected chi connectivity index (χ0v) is 27.2. The molecule has 1 nitrogen and oxygen atoms in total. The van der Waals surface area contributed by atoms with E-state index in [2.05, 4.69) is 170 Å². The summed E-state index contributed by atoms with van der Waals surface area (Å²) in [4.78, 5) is 0. The maximum absolute atomic E-state index is 6.56. The summed E-state index contributed by atoms with van der Waals surface area (Å²) < 4.78 is 14.3. The topological polar surface area (TPSA) is 9.23 Å². The smallest absolute Gasteiger partial charge is 0.147 e. The monoisotopic (exact) mass is 1010 g/mol. The minimum Gasteiger partial charge on any atom is -0.484 e. The minimum absolute atomic E-state index is 0.00842. The molecule has 0 fully saturated rings. The molecule has 7 heteroatoms. The van der Waals surface area contributed by atoms with Crippen molar-refractivity contribution >= 4 is 136 Å². The van der Waals surface area contributed by atoms with Gasteiger partial charge in [0.05, 0.1) is 7.14 Å². The van der Waals surface area contributed by atoms with Gasteiger partial charge in [0, 0.05) is 19.8 Å². The Bertz CT molecular complexity index is 802. The Hall–Kier alpha value is 2.62. The fourth-order valence-electron chi connectivity index (χ4n) is 2.58. The number of rotatable bonds is 3. The molecule has 0 amide bonds. The molecule has 0 spiro atoms.